The predicted molar refractivity (Wildman–Crippen MR) is 96.3 cm³/mol. The lowest BCUT2D eigenvalue weighted by atomic mass is 9.86. The Labute approximate surface area is 160 Å². The standard InChI is InChI=1S/C19H18N2O7/c1-24-12-4-5-13(25-2)17(26-3)15(12)14-10(7-20)19(21)28-16-11(23)6-9(8-22)27-18(14)16/h4-6,14,22H,8,21H2,1-3H3/t14-/m0/s1. The quantitative estimate of drug-likeness (QED) is 0.780. The third-order valence-electron chi connectivity index (χ3n) is 4.34. The minimum absolute atomic E-state index is 0.00408. The second-order valence-electron chi connectivity index (χ2n) is 5.77. The van der Waals surface area contributed by atoms with Crippen molar-refractivity contribution in [3.63, 3.8) is 0 Å². The first-order valence-electron chi connectivity index (χ1n) is 8.14. The summed E-state index contributed by atoms with van der Waals surface area (Å²) in [5, 5.41) is 19.2. The maximum atomic E-state index is 12.4. The second-order valence-corrected chi connectivity index (χ2v) is 5.77. The zero-order valence-corrected chi connectivity index (χ0v) is 15.4. The summed E-state index contributed by atoms with van der Waals surface area (Å²) >= 11 is 0. The fraction of sp³-hybridized carbons (Fsp3) is 0.263. The Morgan fingerprint density at radius 3 is 2.46 bits per heavy atom. The fourth-order valence-corrected chi connectivity index (χ4v) is 3.14. The number of nitriles is 1. The molecule has 0 unspecified atom stereocenters. The van der Waals surface area contributed by atoms with Gasteiger partial charge in [-0.25, -0.2) is 0 Å². The Hall–Kier alpha value is -3.64. The highest BCUT2D eigenvalue weighted by atomic mass is 16.5. The van der Waals surface area contributed by atoms with Crippen molar-refractivity contribution in [1.82, 2.24) is 0 Å². The highest BCUT2D eigenvalue weighted by molar-refractivity contribution is 5.63. The van der Waals surface area contributed by atoms with Crippen LogP contribution in [0.25, 0.3) is 0 Å². The van der Waals surface area contributed by atoms with Gasteiger partial charge in [0.2, 0.25) is 17.1 Å². The Morgan fingerprint density at radius 2 is 1.89 bits per heavy atom. The van der Waals surface area contributed by atoms with Crippen LogP contribution in [0.1, 0.15) is 23.0 Å². The van der Waals surface area contributed by atoms with Gasteiger partial charge in [0, 0.05) is 6.07 Å². The molecule has 2 aromatic rings. The summed E-state index contributed by atoms with van der Waals surface area (Å²) in [5.41, 5.74) is 5.74. The van der Waals surface area contributed by atoms with Crippen LogP contribution >= 0.6 is 0 Å². The van der Waals surface area contributed by atoms with Crippen LogP contribution in [0.15, 0.2) is 38.9 Å². The lowest BCUT2D eigenvalue weighted by molar-refractivity contribution is 0.231. The summed E-state index contributed by atoms with van der Waals surface area (Å²) in [6.45, 7) is -0.511. The molecule has 0 fully saturated rings. The molecule has 146 valence electrons. The van der Waals surface area contributed by atoms with Crippen molar-refractivity contribution in [3.05, 3.63) is 57.0 Å². The van der Waals surface area contributed by atoms with Crippen LogP contribution in [0, 0.1) is 11.3 Å². The molecule has 0 bridgehead atoms. The number of hydrogen-bond acceptors (Lipinski definition) is 9. The van der Waals surface area contributed by atoms with Crippen LogP contribution in [0.2, 0.25) is 0 Å². The van der Waals surface area contributed by atoms with Crippen LogP contribution in [-0.2, 0) is 6.61 Å². The number of fused-ring (bicyclic) bond motifs is 1. The number of ether oxygens (including phenoxy) is 4. The number of benzene rings is 1. The second kappa shape index (κ2) is 7.54. The molecule has 0 radical (unpaired) electrons. The lowest BCUT2D eigenvalue weighted by Crippen LogP contribution is -2.26. The average Bonchev–Trinajstić information content (AvgIpc) is 2.71. The van der Waals surface area contributed by atoms with Gasteiger partial charge in [0.05, 0.1) is 32.8 Å². The number of aliphatic hydroxyl groups is 1. The highest BCUT2D eigenvalue weighted by Crippen LogP contribution is 2.50. The number of allylic oxidation sites excluding steroid dienone is 1. The normalized spacial score (nSPS) is 15.3. The SMILES string of the molecule is COc1ccc(OC)c([C@@H]2C(C#N)=C(N)Oc3c2oc(CO)cc3=O)c1OC. The molecule has 0 saturated carbocycles. The molecule has 1 aliphatic heterocycles. The summed E-state index contributed by atoms with van der Waals surface area (Å²) in [6.07, 6.45) is 0. The van der Waals surface area contributed by atoms with E-state index in [2.05, 4.69) is 0 Å². The first-order chi connectivity index (χ1) is 13.5. The third kappa shape index (κ3) is 2.90. The van der Waals surface area contributed by atoms with E-state index in [0.29, 0.717) is 17.1 Å². The van der Waals surface area contributed by atoms with Crippen molar-refractivity contribution in [2.75, 3.05) is 21.3 Å². The Kier molecular flexibility index (Phi) is 5.15. The van der Waals surface area contributed by atoms with Gasteiger partial charge in [0.1, 0.15) is 29.8 Å². The zero-order chi connectivity index (χ0) is 20.4. The monoisotopic (exact) mass is 386 g/mol. The lowest BCUT2D eigenvalue weighted by Gasteiger charge is -2.27. The number of nitrogens with zero attached hydrogens (tertiary/aromatic N) is 1. The maximum Gasteiger partial charge on any atom is 0.228 e. The first-order valence-corrected chi connectivity index (χ1v) is 8.14. The van der Waals surface area contributed by atoms with E-state index in [-0.39, 0.29) is 34.5 Å². The molecule has 3 rings (SSSR count). The van der Waals surface area contributed by atoms with Gasteiger partial charge in [-0.1, -0.05) is 0 Å². The molecule has 0 saturated heterocycles. The summed E-state index contributed by atoms with van der Waals surface area (Å²) in [5.74, 6) is -0.370. The van der Waals surface area contributed by atoms with Gasteiger partial charge >= 0.3 is 0 Å². The van der Waals surface area contributed by atoms with Gasteiger partial charge in [-0.2, -0.15) is 5.26 Å². The molecule has 1 aromatic heterocycles. The molecule has 1 aromatic carbocycles. The predicted octanol–water partition coefficient (Wildman–Crippen LogP) is 1.38. The van der Waals surface area contributed by atoms with Crippen LogP contribution in [-0.4, -0.2) is 26.4 Å². The molecular formula is C19H18N2O7. The molecule has 9 heteroatoms. The molecule has 1 aliphatic rings. The number of aliphatic hydroxyl groups excluding tert-OH is 1. The third-order valence-corrected chi connectivity index (χ3v) is 4.34. The summed E-state index contributed by atoms with van der Waals surface area (Å²) in [7, 11) is 4.34. The van der Waals surface area contributed by atoms with Gasteiger partial charge in [0.25, 0.3) is 0 Å². The van der Waals surface area contributed by atoms with Gasteiger partial charge < -0.3 is 34.2 Å². The minimum Gasteiger partial charge on any atom is -0.496 e. The van der Waals surface area contributed by atoms with Gasteiger partial charge in [-0.15, -0.1) is 0 Å². The van der Waals surface area contributed by atoms with Crippen LogP contribution in [0.5, 0.6) is 23.0 Å². The summed E-state index contributed by atoms with van der Waals surface area (Å²) < 4.78 is 27.3. The van der Waals surface area contributed by atoms with Crippen molar-refractivity contribution in [1.29, 1.82) is 5.26 Å². The highest BCUT2D eigenvalue weighted by Gasteiger charge is 2.39. The molecule has 9 nitrogen and oxygen atoms in total. The van der Waals surface area contributed by atoms with Crippen molar-refractivity contribution < 1.29 is 28.5 Å². The molecule has 0 amide bonds. The Morgan fingerprint density at radius 1 is 1.21 bits per heavy atom. The van der Waals surface area contributed by atoms with Crippen molar-refractivity contribution in [2.45, 2.75) is 12.5 Å². The van der Waals surface area contributed by atoms with E-state index in [1.165, 1.54) is 21.3 Å². The van der Waals surface area contributed by atoms with Gasteiger partial charge in [-0.05, 0) is 12.1 Å². The minimum atomic E-state index is -0.979. The summed E-state index contributed by atoms with van der Waals surface area (Å²) in [6, 6.07) is 6.36. The molecule has 28 heavy (non-hydrogen) atoms. The van der Waals surface area contributed by atoms with Crippen molar-refractivity contribution >= 4 is 0 Å². The number of methoxy groups -OCH3 is 3. The van der Waals surface area contributed by atoms with E-state index < -0.39 is 18.0 Å². The topological polar surface area (TPSA) is 137 Å². The number of rotatable bonds is 5. The fourth-order valence-electron chi connectivity index (χ4n) is 3.14. The molecule has 2 heterocycles. The van der Waals surface area contributed by atoms with Gasteiger partial charge in [0.15, 0.2) is 17.3 Å². The first kappa shape index (κ1) is 19.1. The van der Waals surface area contributed by atoms with Crippen molar-refractivity contribution in [2.24, 2.45) is 5.73 Å². The molecule has 3 N–H and O–H groups in total. The van der Waals surface area contributed by atoms with E-state index >= 15 is 0 Å². The number of hydrogen-bond donors (Lipinski definition) is 2. The smallest absolute Gasteiger partial charge is 0.228 e. The zero-order valence-electron chi connectivity index (χ0n) is 15.4. The van der Waals surface area contributed by atoms with E-state index in [4.69, 9.17) is 29.1 Å². The van der Waals surface area contributed by atoms with E-state index in [0.717, 1.165) is 6.07 Å². The van der Waals surface area contributed by atoms with Crippen LogP contribution in [0.4, 0.5) is 0 Å². The molecule has 0 aliphatic carbocycles. The van der Waals surface area contributed by atoms with E-state index in [9.17, 15) is 15.2 Å². The number of nitrogens with two attached hydrogens (primary N) is 1. The molecule has 0 spiro atoms. The molecule has 1 atom stereocenters. The van der Waals surface area contributed by atoms with Gasteiger partial charge in [-0.3, -0.25) is 4.79 Å². The molecular weight excluding hydrogens is 368 g/mol. The summed E-state index contributed by atoms with van der Waals surface area (Å²) in [4.78, 5) is 12.4. The van der Waals surface area contributed by atoms with E-state index in [1.807, 2.05) is 6.07 Å². The Bertz CT molecular complexity index is 1050. The largest absolute Gasteiger partial charge is 0.496 e. The van der Waals surface area contributed by atoms with Crippen LogP contribution < -0.4 is 30.1 Å². The maximum absolute atomic E-state index is 12.4. The average molecular weight is 386 g/mol. The van der Waals surface area contributed by atoms with Crippen LogP contribution in [0.3, 0.4) is 0 Å². The Balaban J connectivity index is 2.43. The van der Waals surface area contributed by atoms with E-state index in [1.54, 1.807) is 12.1 Å². The van der Waals surface area contributed by atoms with Crippen molar-refractivity contribution in [3.8, 4) is 29.1 Å².